The van der Waals surface area contributed by atoms with Crippen LogP contribution in [0, 0.1) is 0 Å². The van der Waals surface area contributed by atoms with Gasteiger partial charge in [-0.05, 0) is 35.7 Å². The zero-order chi connectivity index (χ0) is 12.5. The van der Waals surface area contributed by atoms with Crippen molar-refractivity contribution >= 4 is 27.3 Å². The van der Waals surface area contributed by atoms with Crippen LogP contribution in [0.3, 0.4) is 0 Å². The van der Waals surface area contributed by atoms with Gasteiger partial charge in [0.05, 0.1) is 11.4 Å². The number of nitrogens with one attached hydrogen (secondary N) is 1. The molecule has 0 heterocycles. The number of nitrogens with two attached hydrogens (primary N) is 1. The highest BCUT2D eigenvalue weighted by Crippen LogP contribution is 2.35. The molecule has 0 bridgehead atoms. The second-order valence-electron chi connectivity index (χ2n) is 4.71. The predicted molar refractivity (Wildman–Crippen MR) is 79.9 cm³/mol. The molecule has 0 radical (unpaired) electrons. The summed E-state index contributed by atoms with van der Waals surface area (Å²) in [4.78, 5) is 0. The van der Waals surface area contributed by atoms with Crippen LogP contribution < -0.4 is 11.1 Å². The number of anilines is 2. The van der Waals surface area contributed by atoms with Gasteiger partial charge in [-0.3, -0.25) is 0 Å². The topological polar surface area (TPSA) is 38.0 Å². The minimum atomic E-state index is 0.611. The predicted octanol–water partition coefficient (Wildman–Crippen LogP) is 3.78. The van der Waals surface area contributed by atoms with E-state index in [-0.39, 0.29) is 0 Å². The molecule has 3 rings (SSSR count). The van der Waals surface area contributed by atoms with Crippen molar-refractivity contribution in [3.8, 4) is 0 Å². The van der Waals surface area contributed by atoms with Gasteiger partial charge in [0.1, 0.15) is 0 Å². The summed E-state index contributed by atoms with van der Waals surface area (Å²) in [5.41, 5.74) is 10.7. The highest BCUT2D eigenvalue weighted by atomic mass is 79.9. The number of benzene rings is 2. The molecule has 0 aromatic heterocycles. The SMILES string of the molecule is Nc1ccc(Br)cc1NCC1Cc2ccccc21. The van der Waals surface area contributed by atoms with Crippen LogP contribution >= 0.6 is 15.9 Å². The third-order valence-electron chi connectivity index (χ3n) is 3.52. The molecule has 0 amide bonds. The second-order valence-corrected chi connectivity index (χ2v) is 5.63. The fraction of sp³-hybridized carbons (Fsp3) is 0.200. The maximum atomic E-state index is 5.95. The Balaban J connectivity index is 1.68. The molecule has 0 spiro atoms. The van der Waals surface area contributed by atoms with Crippen molar-refractivity contribution in [2.75, 3.05) is 17.6 Å². The highest BCUT2D eigenvalue weighted by Gasteiger charge is 2.24. The summed E-state index contributed by atoms with van der Waals surface area (Å²) in [6.45, 7) is 0.942. The quantitative estimate of drug-likeness (QED) is 0.847. The van der Waals surface area contributed by atoms with Crippen molar-refractivity contribution in [2.45, 2.75) is 12.3 Å². The van der Waals surface area contributed by atoms with E-state index in [4.69, 9.17) is 5.73 Å². The van der Waals surface area contributed by atoms with E-state index in [1.165, 1.54) is 11.1 Å². The Morgan fingerprint density at radius 1 is 1.22 bits per heavy atom. The van der Waals surface area contributed by atoms with Crippen LogP contribution in [0.2, 0.25) is 0 Å². The molecule has 2 aromatic rings. The Hall–Kier alpha value is -1.48. The summed E-state index contributed by atoms with van der Waals surface area (Å²) in [6.07, 6.45) is 1.16. The van der Waals surface area contributed by atoms with Crippen LogP contribution in [-0.4, -0.2) is 6.54 Å². The Bertz CT molecular complexity index is 580. The minimum Gasteiger partial charge on any atom is -0.397 e. The molecule has 3 N–H and O–H groups in total. The fourth-order valence-electron chi connectivity index (χ4n) is 2.46. The van der Waals surface area contributed by atoms with Crippen molar-refractivity contribution in [3.63, 3.8) is 0 Å². The summed E-state index contributed by atoms with van der Waals surface area (Å²) in [7, 11) is 0. The third-order valence-corrected chi connectivity index (χ3v) is 4.01. The smallest absolute Gasteiger partial charge is 0.0585 e. The fourth-order valence-corrected chi connectivity index (χ4v) is 2.82. The van der Waals surface area contributed by atoms with Gasteiger partial charge in [0, 0.05) is 16.9 Å². The lowest BCUT2D eigenvalue weighted by atomic mass is 9.77. The van der Waals surface area contributed by atoms with Crippen molar-refractivity contribution in [1.82, 2.24) is 0 Å². The molecule has 0 saturated carbocycles. The van der Waals surface area contributed by atoms with E-state index in [0.717, 1.165) is 28.8 Å². The van der Waals surface area contributed by atoms with Gasteiger partial charge in [0.15, 0.2) is 0 Å². The molecule has 0 fully saturated rings. The first-order valence-corrected chi connectivity index (χ1v) is 6.90. The Labute approximate surface area is 115 Å². The molecule has 0 saturated heterocycles. The van der Waals surface area contributed by atoms with Crippen LogP contribution in [0.4, 0.5) is 11.4 Å². The molecule has 1 aliphatic carbocycles. The molecule has 1 atom stereocenters. The third kappa shape index (κ3) is 2.10. The van der Waals surface area contributed by atoms with Crippen LogP contribution in [0.1, 0.15) is 17.0 Å². The van der Waals surface area contributed by atoms with E-state index < -0.39 is 0 Å². The molecule has 1 aliphatic rings. The highest BCUT2D eigenvalue weighted by molar-refractivity contribution is 9.10. The van der Waals surface area contributed by atoms with E-state index in [2.05, 4.69) is 45.5 Å². The van der Waals surface area contributed by atoms with Gasteiger partial charge in [-0.1, -0.05) is 40.2 Å². The molecule has 3 heteroatoms. The van der Waals surface area contributed by atoms with Gasteiger partial charge in [-0.2, -0.15) is 0 Å². The molecular formula is C15H15BrN2. The molecule has 1 unspecified atom stereocenters. The maximum Gasteiger partial charge on any atom is 0.0585 e. The van der Waals surface area contributed by atoms with E-state index in [1.807, 2.05) is 18.2 Å². The second kappa shape index (κ2) is 4.65. The van der Waals surface area contributed by atoms with E-state index in [0.29, 0.717) is 5.92 Å². The number of fused-ring (bicyclic) bond motifs is 1. The summed E-state index contributed by atoms with van der Waals surface area (Å²) < 4.78 is 1.05. The summed E-state index contributed by atoms with van der Waals surface area (Å²) >= 11 is 3.46. The van der Waals surface area contributed by atoms with Gasteiger partial charge in [-0.15, -0.1) is 0 Å². The van der Waals surface area contributed by atoms with Crippen molar-refractivity contribution in [1.29, 1.82) is 0 Å². The van der Waals surface area contributed by atoms with Gasteiger partial charge < -0.3 is 11.1 Å². The molecule has 18 heavy (non-hydrogen) atoms. The zero-order valence-corrected chi connectivity index (χ0v) is 11.6. The molecule has 92 valence electrons. The lowest BCUT2D eigenvalue weighted by Gasteiger charge is -2.30. The number of hydrogen-bond acceptors (Lipinski definition) is 2. The van der Waals surface area contributed by atoms with Gasteiger partial charge in [0.25, 0.3) is 0 Å². The van der Waals surface area contributed by atoms with E-state index in [9.17, 15) is 0 Å². The van der Waals surface area contributed by atoms with Gasteiger partial charge >= 0.3 is 0 Å². The monoisotopic (exact) mass is 302 g/mol. The zero-order valence-electron chi connectivity index (χ0n) is 9.99. The van der Waals surface area contributed by atoms with Gasteiger partial charge in [-0.25, -0.2) is 0 Å². The molecule has 0 aliphatic heterocycles. The summed E-state index contributed by atoms with van der Waals surface area (Å²) in [5.74, 6) is 0.611. The van der Waals surface area contributed by atoms with E-state index in [1.54, 1.807) is 0 Å². The first kappa shape index (κ1) is 11.6. The number of nitrogen functional groups attached to an aromatic ring is 1. The summed E-state index contributed by atoms with van der Waals surface area (Å²) in [5, 5.41) is 3.44. The number of hydrogen-bond donors (Lipinski definition) is 2. The Morgan fingerprint density at radius 2 is 2.06 bits per heavy atom. The molecular weight excluding hydrogens is 288 g/mol. The van der Waals surface area contributed by atoms with Crippen LogP contribution in [0.25, 0.3) is 0 Å². The molecule has 2 aromatic carbocycles. The standard InChI is InChI=1S/C15H15BrN2/c16-12-5-6-14(17)15(8-12)18-9-11-7-10-3-1-2-4-13(10)11/h1-6,8,11,18H,7,9,17H2. The first-order chi connectivity index (χ1) is 8.74. The van der Waals surface area contributed by atoms with E-state index >= 15 is 0 Å². The lowest BCUT2D eigenvalue weighted by molar-refractivity contribution is 0.636. The van der Waals surface area contributed by atoms with Crippen LogP contribution in [-0.2, 0) is 6.42 Å². The largest absolute Gasteiger partial charge is 0.397 e. The van der Waals surface area contributed by atoms with Gasteiger partial charge in [0.2, 0.25) is 0 Å². The van der Waals surface area contributed by atoms with Crippen molar-refractivity contribution < 1.29 is 0 Å². The van der Waals surface area contributed by atoms with Crippen molar-refractivity contribution in [3.05, 3.63) is 58.1 Å². The average molecular weight is 303 g/mol. The summed E-state index contributed by atoms with van der Waals surface area (Å²) in [6, 6.07) is 14.5. The Morgan fingerprint density at radius 3 is 2.89 bits per heavy atom. The van der Waals surface area contributed by atoms with Crippen LogP contribution in [0.5, 0.6) is 0 Å². The molecule has 2 nitrogen and oxygen atoms in total. The lowest BCUT2D eigenvalue weighted by Crippen LogP contribution is -2.24. The van der Waals surface area contributed by atoms with Crippen molar-refractivity contribution in [2.24, 2.45) is 0 Å². The normalized spacial score (nSPS) is 16.8. The average Bonchev–Trinajstić information content (AvgIpc) is 2.34. The minimum absolute atomic E-state index is 0.611. The number of halogens is 1. The van der Waals surface area contributed by atoms with Crippen LogP contribution in [0.15, 0.2) is 46.9 Å². The number of rotatable bonds is 3. The maximum absolute atomic E-state index is 5.95. The first-order valence-electron chi connectivity index (χ1n) is 6.11. The Kier molecular flexibility index (Phi) is 3.00.